The average molecular weight is 270 g/mol. The monoisotopic (exact) mass is 270 g/mol. The third-order valence-electron chi connectivity index (χ3n) is 3.91. The molecule has 1 N–H and O–H groups in total. The molecule has 1 saturated heterocycles. The fourth-order valence-electron chi connectivity index (χ4n) is 2.91. The minimum Gasteiger partial charge on any atom is -0.319 e. The first-order valence-corrected chi connectivity index (χ1v) is 7.32. The van der Waals surface area contributed by atoms with E-state index in [1.54, 1.807) is 0 Å². The zero-order chi connectivity index (χ0) is 13.8. The first-order chi connectivity index (χ1) is 9.85. The van der Waals surface area contributed by atoms with Crippen LogP contribution in [0, 0.1) is 5.92 Å². The van der Waals surface area contributed by atoms with Gasteiger partial charge in [0.25, 0.3) is 0 Å². The van der Waals surface area contributed by atoms with Crippen molar-refractivity contribution in [3.05, 3.63) is 48.3 Å². The van der Waals surface area contributed by atoms with Crippen LogP contribution in [0.1, 0.15) is 12.1 Å². The minimum atomic E-state index is 0.788. The number of benzene rings is 1. The van der Waals surface area contributed by atoms with Crippen molar-refractivity contribution in [3.63, 3.8) is 0 Å². The molecule has 106 valence electrons. The Morgan fingerprint density at radius 2 is 2.10 bits per heavy atom. The Labute approximate surface area is 120 Å². The van der Waals surface area contributed by atoms with Crippen molar-refractivity contribution in [1.82, 2.24) is 20.0 Å². The lowest BCUT2D eigenvalue weighted by molar-refractivity contribution is 0.311. The normalized spacial score (nSPS) is 19.6. The molecular formula is C16H22N4. The van der Waals surface area contributed by atoms with Gasteiger partial charge in [0.15, 0.2) is 0 Å². The van der Waals surface area contributed by atoms with Gasteiger partial charge in [-0.3, -0.25) is 4.90 Å². The Bertz CT molecular complexity index is 534. The van der Waals surface area contributed by atoms with Crippen LogP contribution in [-0.4, -0.2) is 41.4 Å². The SMILES string of the molecule is CNCC1CCN(Cc2ccn(-c3ccccc3)n2)C1. The van der Waals surface area contributed by atoms with Crippen LogP contribution in [0.4, 0.5) is 0 Å². The van der Waals surface area contributed by atoms with Crippen molar-refractivity contribution >= 4 is 0 Å². The van der Waals surface area contributed by atoms with Crippen molar-refractivity contribution < 1.29 is 0 Å². The third kappa shape index (κ3) is 3.08. The van der Waals surface area contributed by atoms with Gasteiger partial charge in [-0.05, 0) is 50.7 Å². The van der Waals surface area contributed by atoms with E-state index in [2.05, 4.69) is 33.5 Å². The van der Waals surface area contributed by atoms with Crippen molar-refractivity contribution in [3.8, 4) is 5.69 Å². The maximum atomic E-state index is 4.67. The van der Waals surface area contributed by atoms with Gasteiger partial charge in [0.1, 0.15) is 0 Å². The van der Waals surface area contributed by atoms with E-state index in [1.807, 2.05) is 36.1 Å². The molecule has 0 bridgehead atoms. The highest BCUT2D eigenvalue weighted by Crippen LogP contribution is 2.17. The molecule has 1 aromatic carbocycles. The van der Waals surface area contributed by atoms with Gasteiger partial charge in [0.2, 0.25) is 0 Å². The van der Waals surface area contributed by atoms with Gasteiger partial charge >= 0.3 is 0 Å². The molecule has 4 nitrogen and oxygen atoms in total. The predicted molar refractivity (Wildman–Crippen MR) is 80.9 cm³/mol. The van der Waals surface area contributed by atoms with E-state index in [-0.39, 0.29) is 0 Å². The van der Waals surface area contributed by atoms with Crippen LogP contribution in [0.5, 0.6) is 0 Å². The van der Waals surface area contributed by atoms with Gasteiger partial charge in [-0.15, -0.1) is 0 Å². The molecule has 3 rings (SSSR count). The smallest absolute Gasteiger partial charge is 0.0769 e. The summed E-state index contributed by atoms with van der Waals surface area (Å²) in [6, 6.07) is 12.4. The van der Waals surface area contributed by atoms with Gasteiger partial charge < -0.3 is 5.32 Å². The highest BCUT2D eigenvalue weighted by molar-refractivity contribution is 5.30. The lowest BCUT2D eigenvalue weighted by Gasteiger charge is -2.14. The number of nitrogens with one attached hydrogen (secondary N) is 1. The lowest BCUT2D eigenvalue weighted by atomic mass is 10.1. The van der Waals surface area contributed by atoms with Crippen molar-refractivity contribution in [1.29, 1.82) is 0 Å². The van der Waals surface area contributed by atoms with Gasteiger partial charge in [0, 0.05) is 19.3 Å². The van der Waals surface area contributed by atoms with Gasteiger partial charge in [-0.2, -0.15) is 5.10 Å². The summed E-state index contributed by atoms with van der Waals surface area (Å²) in [5, 5.41) is 7.95. The maximum Gasteiger partial charge on any atom is 0.0769 e. The fourth-order valence-corrected chi connectivity index (χ4v) is 2.91. The Morgan fingerprint density at radius 1 is 1.25 bits per heavy atom. The molecule has 0 amide bonds. The topological polar surface area (TPSA) is 33.1 Å². The molecular weight excluding hydrogens is 248 g/mol. The Balaban J connectivity index is 1.61. The number of rotatable bonds is 5. The Hall–Kier alpha value is -1.65. The van der Waals surface area contributed by atoms with E-state index >= 15 is 0 Å². The number of hydrogen-bond acceptors (Lipinski definition) is 3. The molecule has 1 unspecified atom stereocenters. The first kappa shape index (κ1) is 13.3. The van der Waals surface area contributed by atoms with Crippen LogP contribution in [0.3, 0.4) is 0 Å². The molecule has 1 aliphatic rings. The molecule has 4 heteroatoms. The van der Waals surface area contributed by atoms with Gasteiger partial charge in [-0.1, -0.05) is 18.2 Å². The van der Waals surface area contributed by atoms with Gasteiger partial charge in [0.05, 0.1) is 11.4 Å². The zero-order valence-electron chi connectivity index (χ0n) is 12.0. The molecule has 2 aromatic rings. The van der Waals surface area contributed by atoms with E-state index in [9.17, 15) is 0 Å². The van der Waals surface area contributed by atoms with Crippen molar-refractivity contribution in [2.45, 2.75) is 13.0 Å². The summed E-state index contributed by atoms with van der Waals surface area (Å²) in [5.41, 5.74) is 2.27. The molecule has 0 saturated carbocycles. The summed E-state index contributed by atoms with van der Waals surface area (Å²) < 4.78 is 1.95. The van der Waals surface area contributed by atoms with Crippen LogP contribution < -0.4 is 5.32 Å². The summed E-state index contributed by atoms with van der Waals surface area (Å²) in [7, 11) is 2.03. The summed E-state index contributed by atoms with van der Waals surface area (Å²) in [4.78, 5) is 2.50. The van der Waals surface area contributed by atoms with E-state index < -0.39 is 0 Å². The predicted octanol–water partition coefficient (Wildman–Crippen LogP) is 1.91. The van der Waals surface area contributed by atoms with Crippen LogP contribution in [0.25, 0.3) is 5.69 Å². The summed E-state index contributed by atoms with van der Waals surface area (Å²) in [6.45, 7) is 4.44. The van der Waals surface area contributed by atoms with E-state index in [0.29, 0.717) is 0 Å². The van der Waals surface area contributed by atoms with Crippen molar-refractivity contribution in [2.75, 3.05) is 26.7 Å². The molecule has 0 radical (unpaired) electrons. The molecule has 1 atom stereocenters. The van der Waals surface area contributed by atoms with E-state index in [1.165, 1.54) is 19.5 Å². The second-order valence-corrected chi connectivity index (χ2v) is 5.53. The number of nitrogens with zero attached hydrogens (tertiary/aromatic N) is 3. The fraction of sp³-hybridized carbons (Fsp3) is 0.438. The number of aromatic nitrogens is 2. The van der Waals surface area contributed by atoms with Crippen LogP contribution in [0.15, 0.2) is 42.6 Å². The van der Waals surface area contributed by atoms with Crippen LogP contribution >= 0.6 is 0 Å². The highest BCUT2D eigenvalue weighted by atomic mass is 15.3. The average Bonchev–Trinajstić information content (AvgIpc) is 3.11. The summed E-state index contributed by atoms with van der Waals surface area (Å²) in [5.74, 6) is 0.788. The Morgan fingerprint density at radius 3 is 2.90 bits per heavy atom. The van der Waals surface area contributed by atoms with Crippen LogP contribution in [0.2, 0.25) is 0 Å². The number of para-hydroxylation sites is 1. The summed E-state index contributed by atoms with van der Waals surface area (Å²) in [6.07, 6.45) is 3.34. The number of hydrogen-bond donors (Lipinski definition) is 1. The highest BCUT2D eigenvalue weighted by Gasteiger charge is 2.22. The molecule has 1 aliphatic heterocycles. The second kappa shape index (κ2) is 6.20. The standard InChI is InChI=1S/C16H22N4/c1-17-11-14-7-9-19(12-14)13-15-8-10-20(18-15)16-5-3-2-4-6-16/h2-6,8,10,14,17H,7,9,11-13H2,1H3. The largest absolute Gasteiger partial charge is 0.319 e. The molecule has 1 fully saturated rings. The summed E-state index contributed by atoms with van der Waals surface area (Å²) >= 11 is 0. The van der Waals surface area contributed by atoms with Crippen molar-refractivity contribution in [2.24, 2.45) is 5.92 Å². The Kier molecular flexibility index (Phi) is 4.14. The maximum absolute atomic E-state index is 4.67. The quantitative estimate of drug-likeness (QED) is 0.901. The molecule has 2 heterocycles. The zero-order valence-corrected chi connectivity index (χ0v) is 12.0. The van der Waals surface area contributed by atoms with E-state index in [0.717, 1.165) is 30.4 Å². The molecule has 20 heavy (non-hydrogen) atoms. The molecule has 0 aliphatic carbocycles. The van der Waals surface area contributed by atoms with E-state index in [4.69, 9.17) is 0 Å². The first-order valence-electron chi connectivity index (χ1n) is 7.32. The van der Waals surface area contributed by atoms with Crippen LogP contribution in [-0.2, 0) is 6.54 Å². The lowest BCUT2D eigenvalue weighted by Crippen LogP contribution is -2.24. The molecule has 0 spiro atoms. The van der Waals surface area contributed by atoms with Gasteiger partial charge in [-0.25, -0.2) is 4.68 Å². The third-order valence-corrected chi connectivity index (χ3v) is 3.91. The minimum absolute atomic E-state index is 0.788. The second-order valence-electron chi connectivity index (χ2n) is 5.53. The molecule has 1 aromatic heterocycles. The number of likely N-dealkylation sites (tertiary alicyclic amines) is 1.